The minimum atomic E-state index is -5.23. The Bertz CT molecular complexity index is 2790. The van der Waals surface area contributed by atoms with Gasteiger partial charge in [0.15, 0.2) is 11.4 Å². The molecule has 3 fully saturated rings. The highest BCUT2D eigenvalue weighted by molar-refractivity contribution is 5.99. The van der Waals surface area contributed by atoms with Gasteiger partial charge in [-0.1, -0.05) is 24.3 Å². The van der Waals surface area contributed by atoms with Crippen molar-refractivity contribution >= 4 is 40.4 Å². The minimum Gasteiger partial charge on any atom is -0.497 e. The van der Waals surface area contributed by atoms with Crippen LogP contribution in [0, 0.1) is 18.6 Å². The van der Waals surface area contributed by atoms with Gasteiger partial charge in [-0.3, -0.25) is 4.90 Å². The summed E-state index contributed by atoms with van der Waals surface area (Å²) < 4.78 is 110. The number of fused-ring (bicyclic) bond motifs is 5. The van der Waals surface area contributed by atoms with Crippen LogP contribution in [0.15, 0.2) is 54.6 Å². The molecule has 1 N–H and O–H groups in total. The quantitative estimate of drug-likeness (QED) is 0.0997. The van der Waals surface area contributed by atoms with Crippen molar-refractivity contribution in [1.29, 1.82) is 0 Å². The second-order valence-corrected chi connectivity index (χ2v) is 19.2. The average molecular weight is 976 g/mol. The van der Waals surface area contributed by atoms with Crippen molar-refractivity contribution in [2.45, 2.75) is 109 Å². The van der Waals surface area contributed by atoms with E-state index in [2.05, 4.69) is 9.97 Å². The molecule has 15 nitrogen and oxygen atoms in total. The topological polar surface area (TPSA) is 152 Å². The number of hydrogen-bond donors (Lipinski definition) is 1. The standard InChI is InChI=1S/C50H54F5N7O8/c1-26-37(50(53,54)55)33(21-35(38(26)51)59(22-28-9-14-31(66-6)15-10-28)23-29-11-16-32(67-7)17-12-29)40-39(52)41-36-43(58-46(57-41)61-20-19-49(61,25-63)45(64)68-8)60-24-30-13-18-34(42(60)27(2)69-44(36)56-40)62(30)47(65)70-48(3,4)5/h9-12,14-17,21,27,30,34,42,63H,13,18-20,22-25H2,1-8H3/t27-,30+,34-,42+,49?/m0/s1. The number of aliphatic hydroxyl groups excluding tert-OH is 1. The number of piperazine rings is 1. The van der Waals surface area contributed by atoms with Crippen LogP contribution in [-0.4, -0.2) is 113 Å². The molecule has 3 saturated heterocycles. The Kier molecular flexibility index (Phi) is 12.4. The second kappa shape index (κ2) is 17.9. The number of pyridine rings is 1. The zero-order valence-corrected chi connectivity index (χ0v) is 40.0. The van der Waals surface area contributed by atoms with Gasteiger partial charge in [-0.15, -0.1) is 0 Å². The van der Waals surface area contributed by atoms with Crippen LogP contribution >= 0.6 is 0 Å². The molecule has 4 aliphatic heterocycles. The van der Waals surface area contributed by atoms with E-state index in [9.17, 15) is 14.7 Å². The Morgan fingerprint density at radius 1 is 0.914 bits per heavy atom. The number of rotatable bonds is 11. The van der Waals surface area contributed by atoms with Gasteiger partial charge in [0.1, 0.15) is 51.4 Å². The molecule has 1 amide bonds. The molecular formula is C50H54F5N7O8. The number of nitrogens with zero attached hydrogens (tertiary/aromatic N) is 7. The maximum absolute atomic E-state index is 18.1. The zero-order valence-electron chi connectivity index (χ0n) is 40.0. The third-order valence-corrected chi connectivity index (χ3v) is 13.8. The fourth-order valence-electron chi connectivity index (χ4n) is 10.4. The summed E-state index contributed by atoms with van der Waals surface area (Å²) in [6.07, 6.45) is -5.37. The smallest absolute Gasteiger partial charge is 0.417 e. The molecule has 9 rings (SSSR count). The third-order valence-electron chi connectivity index (χ3n) is 13.8. The predicted octanol–water partition coefficient (Wildman–Crippen LogP) is 8.37. The number of esters is 1. The molecule has 0 spiro atoms. The van der Waals surface area contributed by atoms with Crippen LogP contribution in [0.4, 0.5) is 44.2 Å². The van der Waals surface area contributed by atoms with Crippen LogP contribution in [0.1, 0.15) is 69.2 Å². The van der Waals surface area contributed by atoms with Crippen molar-refractivity contribution in [3.63, 3.8) is 0 Å². The number of carbonyl (C=O) groups is 2. The van der Waals surface area contributed by atoms with E-state index >= 15 is 22.0 Å². The van der Waals surface area contributed by atoms with E-state index in [1.807, 2.05) is 4.90 Å². The van der Waals surface area contributed by atoms with E-state index in [0.29, 0.717) is 35.5 Å². The lowest BCUT2D eigenvalue weighted by Crippen LogP contribution is -2.68. The van der Waals surface area contributed by atoms with E-state index in [4.69, 9.17) is 28.7 Å². The number of aromatic nitrogens is 3. The number of methoxy groups -OCH3 is 3. The molecule has 5 atom stereocenters. The number of ether oxygens (including phenoxy) is 5. The first-order valence-corrected chi connectivity index (χ1v) is 23.0. The Morgan fingerprint density at radius 3 is 2.07 bits per heavy atom. The molecule has 70 heavy (non-hydrogen) atoms. The minimum absolute atomic E-state index is 0.00102. The van der Waals surface area contributed by atoms with Gasteiger partial charge >= 0.3 is 18.2 Å². The number of anilines is 3. The number of hydrogen-bond acceptors (Lipinski definition) is 14. The van der Waals surface area contributed by atoms with Gasteiger partial charge in [-0.2, -0.15) is 18.2 Å². The van der Waals surface area contributed by atoms with Crippen LogP contribution < -0.4 is 28.9 Å². The number of carbonyl (C=O) groups excluding carboxylic acids is 2. The first kappa shape index (κ1) is 48.3. The van der Waals surface area contributed by atoms with Crippen LogP contribution in [-0.2, 0) is 33.5 Å². The molecule has 2 bridgehead atoms. The van der Waals surface area contributed by atoms with Gasteiger partial charge in [0.2, 0.25) is 11.8 Å². The van der Waals surface area contributed by atoms with Crippen LogP contribution in [0.25, 0.3) is 22.2 Å². The van der Waals surface area contributed by atoms with E-state index in [1.54, 1.807) is 86.0 Å². The molecule has 5 aromatic rings. The lowest BCUT2D eigenvalue weighted by atomic mass is 9.85. The summed E-state index contributed by atoms with van der Waals surface area (Å²) in [5, 5.41) is 10.6. The Morgan fingerprint density at radius 2 is 1.54 bits per heavy atom. The number of amides is 1. The summed E-state index contributed by atoms with van der Waals surface area (Å²) in [5.74, 6) is -2.60. The first-order valence-electron chi connectivity index (χ1n) is 23.0. The SMILES string of the molecule is COC(=O)C1(CO)CCN1c1nc2c3c(nc(-c4cc(N(Cc5ccc(OC)cc5)Cc5ccc(OC)cc5)c(F)c(C)c4C(F)(F)F)c(F)c3n1)O[C@@H](C)[C@@H]1[C@@H]3CC[C@H](CN21)N3C(=O)OC(C)(C)C. The van der Waals surface area contributed by atoms with Crippen molar-refractivity contribution < 1.29 is 60.3 Å². The van der Waals surface area contributed by atoms with Gasteiger partial charge in [-0.05, 0) is 94.5 Å². The van der Waals surface area contributed by atoms with E-state index in [0.717, 1.165) is 20.1 Å². The lowest BCUT2D eigenvalue weighted by molar-refractivity contribution is -0.151. The van der Waals surface area contributed by atoms with E-state index < -0.39 is 93.7 Å². The number of alkyl halides is 3. The predicted molar refractivity (Wildman–Crippen MR) is 248 cm³/mol. The maximum atomic E-state index is 18.1. The van der Waals surface area contributed by atoms with Gasteiger partial charge in [0.25, 0.3) is 0 Å². The molecule has 6 heterocycles. The van der Waals surface area contributed by atoms with Gasteiger partial charge in [0.05, 0.1) is 57.3 Å². The third kappa shape index (κ3) is 8.26. The van der Waals surface area contributed by atoms with Crippen molar-refractivity contribution in [1.82, 2.24) is 19.9 Å². The first-order chi connectivity index (χ1) is 33.2. The lowest BCUT2D eigenvalue weighted by Gasteiger charge is -2.50. The van der Waals surface area contributed by atoms with Crippen molar-refractivity contribution in [2.75, 3.05) is 55.7 Å². The molecule has 0 radical (unpaired) electrons. The maximum Gasteiger partial charge on any atom is 0.417 e. The van der Waals surface area contributed by atoms with Crippen molar-refractivity contribution in [2.24, 2.45) is 0 Å². The van der Waals surface area contributed by atoms with Crippen molar-refractivity contribution in [3.05, 3.63) is 88.5 Å². The molecule has 2 aromatic heterocycles. The fourth-order valence-corrected chi connectivity index (χ4v) is 10.4. The summed E-state index contributed by atoms with van der Waals surface area (Å²) in [6, 6.07) is 13.2. The van der Waals surface area contributed by atoms with Crippen molar-refractivity contribution in [3.8, 4) is 28.6 Å². The van der Waals surface area contributed by atoms with Gasteiger partial charge in [-0.25, -0.2) is 28.3 Å². The summed E-state index contributed by atoms with van der Waals surface area (Å²) in [6.45, 7) is 7.57. The number of aliphatic hydroxyl groups is 1. The highest BCUT2D eigenvalue weighted by Gasteiger charge is 2.56. The largest absolute Gasteiger partial charge is 0.497 e. The Labute approximate surface area is 401 Å². The summed E-state index contributed by atoms with van der Waals surface area (Å²) in [4.78, 5) is 47.8. The highest BCUT2D eigenvalue weighted by atomic mass is 19.4. The molecule has 3 aromatic carbocycles. The van der Waals surface area contributed by atoms with Crippen LogP contribution in [0.2, 0.25) is 0 Å². The molecule has 4 aliphatic rings. The Balaban J connectivity index is 1.26. The second-order valence-electron chi connectivity index (χ2n) is 19.2. The highest BCUT2D eigenvalue weighted by Crippen LogP contribution is 2.50. The van der Waals surface area contributed by atoms with E-state index in [-0.39, 0.29) is 67.4 Å². The average Bonchev–Trinajstić information content (AvgIpc) is 3.56. The summed E-state index contributed by atoms with van der Waals surface area (Å²) >= 11 is 0. The molecular weight excluding hydrogens is 922 g/mol. The summed E-state index contributed by atoms with van der Waals surface area (Å²) in [7, 11) is 4.17. The summed E-state index contributed by atoms with van der Waals surface area (Å²) in [5.41, 5.74) is -5.81. The van der Waals surface area contributed by atoms with Crippen LogP contribution in [0.5, 0.6) is 17.4 Å². The molecule has 0 aliphatic carbocycles. The normalized spacial score (nSPS) is 21.7. The number of benzene rings is 3. The molecule has 372 valence electrons. The van der Waals surface area contributed by atoms with E-state index in [1.165, 1.54) is 19.1 Å². The fraction of sp³-hybridized carbons (Fsp3) is 0.460. The van der Waals surface area contributed by atoms with Gasteiger partial charge < -0.3 is 43.5 Å². The monoisotopic (exact) mass is 975 g/mol. The molecule has 20 heteroatoms. The zero-order chi connectivity index (χ0) is 50.2. The number of halogens is 5. The molecule has 1 unspecified atom stereocenters. The Hall–Kier alpha value is -6.70. The van der Waals surface area contributed by atoms with Gasteiger partial charge in [0, 0.05) is 38.2 Å². The van der Waals surface area contributed by atoms with Crippen LogP contribution in [0.3, 0.4) is 0 Å². The molecule has 0 saturated carbocycles.